The average Bonchev–Trinajstić information content (AvgIpc) is 2.90. The number of methoxy groups -OCH3 is 1. The Morgan fingerprint density at radius 3 is 2.71 bits per heavy atom. The van der Waals surface area contributed by atoms with Crippen LogP contribution >= 0.6 is 0 Å². The second-order valence-electron chi connectivity index (χ2n) is 5.21. The molecule has 3 heterocycles. The average molecular weight is 308 g/mol. The standard InChI is InChI=1S/C14H16N2O4S/c1-20-14(17)12-4-2-3-11-9-15-13(16(11)12)10-5-7-21(18,19)8-6-10/h2-4,9-10H,5-8H2,1H3. The Balaban J connectivity index is 2.05. The maximum atomic E-state index is 11.9. The van der Waals surface area contributed by atoms with Crippen LogP contribution in [0.3, 0.4) is 0 Å². The highest BCUT2D eigenvalue weighted by molar-refractivity contribution is 7.91. The lowest BCUT2D eigenvalue weighted by Gasteiger charge is -2.21. The SMILES string of the molecule is COC(=O)c1cccc2cnc(C3CCS(=O)(=O)CC3)n12. The van der Waals surface area contributed by atoms with Gasteiger partial charge in [-0.3, -0.25) is 4.40 Å². The van der Waals surface area contributed by atoms with Crippen LogP contribution < -0.4 is 0 Å². The molecule has 112 valence electrons. The van der Waals surface area contributed by atoms with Crippen molar-refractivity contribution in [1.82, 2.24) is 9.38 Å². The first-order valence-corrected chi connectivity index (χ1v) is 8.59. The van der Waals surface area contributed by atoms with E-state index in [1.165, 1.54) is 7.11 Å². The summed E-state index contributed by atoms with van der Waals surface area (Å²) in [5.41, 5.74) is 1.22. The summed E-state index contributed by atoms with van der Waals surface area (Å²) in [5.74, 6) is 0.700. The van der Waals surface area contributed by atoms with Gasteiger partial charge in [0.05, 0.1) is 30.3 Å². The molecule has 0 unspecified atom stereocenters. The van der Waals surface area contributed by atoms with Crippen LogP contribution in [0.1, 0.15) is 35.1 Å². The second-order valence-corrected chi connectivity index (χ2v) is 7.51. The highest BCUT2D eigenvalue weighted by Crippen LogP contribution is 2.29. The molecule has 21 heavy (non-hydrogen) atoms. The van der Waals surface area contributed by atoms with Crippen LogP contribution in [0.2, 0.25) is 0 Å². The third-order valence-corrected chi connectivity index (χ3v) is 5.61. The van der Waals surface area contributed by atoms with Gasteiger partial charge in [-0.1, -0.05) is 6.07 Å². The lowest BCUT2D eigenvalue weighted by molar-refractivity contribution is 0.0591. The summed E-state index contributed by atoms with van der Waals surface area (Å²) >= 11 is 0. The fourth-order valence-electron chi connectivity index (χ4n) is 2.77. The first-order valence-electron chi connectivity index (χ1n) is 6.77. The van der Waals surface area contributed by atoms with Crippen LogP contribution in [0.5, 0.6) is 0 Å². The molecule has 2 aromatic rings. The zero-order valence-electron chi connectivity index (χ0n) is 11.7. The number of pyridine rings is 1. The van der Waals surface area contributed by atoms with Crippen molar-refractivity contribution in [3.05, 3.63) is 35.9 Å². The summed E-state index contributed by atoms with van der Waals surface area (Å²) in [6.45, 7) is 0. The van der Waals surface area contributed by atoms with Gasteiger partial charge in [0, 0.05) is 5.92 Å². The van der Waals surface area contributed by atoms with E-state index in [4.69, 9.17) is 4.74 Å². The second kappa shape index (κ2) is 5.14. The lowest BCUT2D eigenvalue weighted by Crippen LogP contribution is -2.24. The largest absolute Gasteiger partial charge is 0.464 e. The Kier molecular flexibility index (Phi) is 3.44. The fraction of sp³-hybridized carbons (Fsp3) is 0.429. The molecule has 0 N–H and O–H groups in total. The summed E-state index contributed by atoms with van der Waals surface area (Å²) in [6.07, 6.45) is 2.78. The molecule has 1 saturated heterocycles. The number of imidazole rings is 1. The van der Waals surface area contributed by atoms with Crippen LogP contribution in [0.15, 0.2) is 24.4 Å². The number of carbonyl (C=O) groups is 1. The van der Waals surface area contributed by atoms with Crippen molar-refractivity contribution in [2.24, 2.45) is 0 Å². The Bertz CT molecular complexity index is 780. The van der Waals surface area contributed by atoms with E-state index in [2.05, 4.69) is 4.98 Å². The minimum Gasteiger partial charge on any atom is -0.464 e. The molecule has 0 bridgehead atoms. The molecule has 0 atom stereocenters. The maximum absolute atomic E-state index is 11.9. The van der Waals surface area contributed by atoms with Gasteiger partial charge in [0.1, 0.15) is 21.4 Å². The minimum absolute atomic E-state index is 0.0434. The van der Waals surface area contributed by atoms with Crippen molar-refractivity contribution in [3.63, 3.8) is 0 Å². The van der Waals surface area contributed by atoms with E-state index in [9.17, 15) is 13.2 Å². The number of esters is 1. The molecule has 3 rings (SSSR count). The number of nitrogens with zero attached hydrogens (tertiary/aromatic N) is 2. The molecule has 0 radical (unpaired) electrons. The lowest BCUT2D eigenvalue weighted by atomic mass is 10.0. The maximum Gasteiger partial charge on any atom is 0.355 e. The van der Waals surface area contributed by atoms with Crippen LogP contribution in [0.4, 0.5) is 0 Å². The quantitative estimate of drug-likeness (QED) is 0.784. The number of sulfone groups is 1. The van der Waals surface area contributed by atoms with Gasteiger partial charge in [0.15, 0.2) is 0 Å². The number of ether oxygens (including phenoxy) is 1. The Labute approximate surface area is 122 Å². The van der Waals surface area contributed by atoms with Gasteiger partial charge >= 0.3 is 5.97 Å². The van der Waals surface area contributed by atoms with E-state index >= 15 is 0 Å². The highest BCUT2D eigenvalue weighted by atomic mass is 32.2. The summed E-state index contributed by atoms with van der Waals surface area (Å²) in [4.78, 5) is 16.3. The molecular formula is C14H16N2O4S. The van der Waals surface area contributed by atoms with E-state index in [1.54, 1.807) is 22.7 Å². The van der Waals surface area contributed by atoms with Gasteiger partial charge in [-0.05, 0) is 25.0 Å². The van der Waals surface area contributed by atoms with Gasteiger partial charge in [-0.25, -0.2) is 18.2 Å². The van der Waals surface area contributed by atoms with Gasteiger partial charge < -0.3 is 4.74 Å². The van der Waals surface area contributed by atoms with E-state index in [0.29, 0.717) is 18.5 Å². The van der Waals surface area contributed by atoms with Gasteiger partial charge in [0.25, 0.3) is 0 Å². The number of hydrogen-bond donors (Lipinski definition) is 0. The van der Waals surface area contributed by atoms with Crippen LogP contribution in [-0.4, -0.2) is 42.4 Å². The first kappa shape index (κ1) is 14.1. The molecule has 7 heteroatoms. The molecule has 1 fully saturated rings. The normalized spacial score (nSPS) is 18.7. The van der Waals surface area contributed by atoms with Crippen LogP contribution in [0, 0.1) is 0 Å². The number of aromatic nitrogens is 2. The summed E-state index contributed by atoms with van der Waals surface area (Å²) in [5, 5.41) is 0. The number of rotatable bonds is 2. The third-order valence-electron chi connectivity index (χ3n) is 3.89. The molecule has 0 spiro atoms. The topological polar surface area (TPSA) is 77.7 Å². The predicted molar refractivity (Wildman–Crippen MR) is 77.2 cm³/mol. The molecule has 0 aromatic carbocycles. The van der Waals surface area contributed by atoms with Crippen molar-refractivity contribution in [1.29, 1.82) is 0 Å². The van der Waals surface area contributed by atoms with Crippen molar-refractivity contribution < 1.29 is 17.9 Å². The van der Waals surface area contributed by atoms with Crippen molar-refractivity contribution in [3.8, 4) is 0 Å². The molecule has 0 aliphatic carbocycles. The van der Waals surface area contributed by atoms with Gasteiger partial charge in [-0.2, -0.15) is 0 Å². The van der Waals surface area contributed by atoms with E-state index < -0.39 is 15.8 Å². The zero-order chi connectivity index (χ0) is 15.0. The zero-order valence-corrected chi connectivity index (χ0v) is 12.5. The third kappa shape index (κ3) is 2.53. The summed E-state index contributed by atoms with van der Waals surface area (Å²) in [7, 11) is -1.58. The van der Waals surface area contributed by atoms with Gasteiger partial charge in [-0.15, -0.1) is 0 Å². The van der Waals surface area contributed by atoms with Gasteiger partial charge in [0.2, 0.25) is 0 Å². The molecule has 2 aromatic heterocycles. The highest BCUT2D eigenvalue weighted by Gasteiger charge is 2.28. The minimum atomic E-state index is -2.92. The number of hydrogen-bond acceptors (Lipinski definition) is 5. The Morgan fingerprint density at radius 2 is 2.05 bits per heavy atom. The van der Waals surface area contributed by atoms with E-state index in [0.717, 1.165) is 11.3 Å². The van der Waals surface area contributed by atoms with Crippen LogP contribution in [0.25, 0.3) is 5.52 Å². The Morgan fingerprint density at radius 1 is 1.33 bits per heavy atom. The fourth-order valence-corrected chi connectivity index (χ4v) is 4.26. The summed E-state index contributed by atoms with van der Waals surface area (Å²) < 4.78 is 29.7. The first-order chi connectivity index (χ1) is 10.0. The van der Waals surface area contributed by atoms with E-state index in [1.807, 2.05) is 6.07 Å². The molecular weight excluding hydrogens is 292 g/mol. The molecule has 1 aliphatic rings. The van der Waals surface area contributed by atoms with Crippen LogP contribution in [-0.2, 0) is 14.6 Å². The van der Waals surface area contributed by atoms with E-state index in [-0.39, 0.29) is 17.4 Å². The molecule has 0 saturated carbocycles. The monoisotopic (exact) mass is 308 g/mol. The number of carbonyl (C=O) groups excluding carboxylic acids is 1. The molecule has 1 aliphatic heterocycles. The summed E-state index contributed by atoms with van der Waals surface area (Å²) in [6, 6.07) is 5.32. The predicted octanol–water partition coefficient (Wildman–Crippen LogP) is 1.41. The Hall–Kier alpha value is -1.89. The van der Waals surface area contributed by atoms with Crippen molar-refractivity contribution in [2.45, 2.75) is 18.8 Å². The smallest absolute Gasteiger partial charge is 0.355 e. The number of fused-ring (bicyclic) bond motifs is 1. The van der Waals surface area contributed by atoms with Crippen molar-refractivity contribution in [2.75, 3.05) is 18.6 Å². The molecule has 0 amide bonds. The van der Waals surface area contributed by atoms with Crippen molar-refractivity contribution >= 4 is 21.3 Å². The molecule has 6 nitrogen and oxygen atoms in total.